The summed E-state index contributed by atoms with van der Waals surface area (Å²) >= 11 is 0. The van der Waals surface area contributed by atoms with Gasteiger partial charge in [0.25, 0.3) is 0 Å². The Morgan fingerprint density at radius 3 is 2.71 bits per heavy atom. The van der Waals surface area contributed by atoms with Gasteiger partial charge in [-0.2, -0.15) is 0 Å². The van der Waals surface area contributed by atoms with E-state index in [9.17, 15) is 9.59 Å². The first-order valence-corrected chi connectivity index (χ1v) is 9.92. The highest BCUT2D eigenvalue weighted by Crippen LogP contribution is 2.22. The highest BCUT2D eigenvalue weighted by molar-refractivity contribution is 5.95. The van der Waals surface area contributed by atoms with Crippen molar-refractivity contribution in [2.24, 2.45) is 0 Å². The van der Waals surface area contributed by atoms with Crippen LogP contribution in [0.2, 0.25) is 0 Å². The maximum atomic E-state index is 12.2. The molecule has 1 saturated heterocycles. The minimum absolute atomic E-state index is 0.0682. The molecule has 4 rings (SSSR count). The molecule has 1 aliphatic heterocycles. The van der Waals surface area contributed by atoms with Gasteiger partial charge in [0.1, 0.15) is 0 Å². The number of nitrogens with zero attached hydrogens (tertiary/aromatic N) is 1. The van der Waals surface area contributed by atoms with Gasteiger partial charge in [-0.3, -0.25) is 9.59 Å². The fraction of sp³-hybridized carbons (Fsp3) is 0.304. The van der Waals surface area contributed by atoms with Gasteiger partial charge in [-0.25, -0.2) is 0 Å². The van der Waals surface area contributed by atoms with Gasteiger partial charge in [-0.05, 0) is 48.6 Å². The number of para-hydroxylation sites is 1. The second kappa shape index (κ2) is 8.30. The highest BCUT2D eigenvalue weighted by atomic mass is 16.2. The van der Waals surface area contributed by atoms with Crippen molar-refractivity contribution in [2.75, 3.05) is 11.4 Å². The number of hydrogen-bond acceptors (Lipinski definition) is 2. The summed E-state index contributed by atoms with van der Waals surface area (Å²) in [5.41, 5.74) is 4.38. The molecular weight excluding hydrogens is 350 g/mol. The van der Waals surface area contributed by atoms with E-state index in [1.165, 1.54) is 10.9 Å². The third-order valence-corrected chi connectivity index (χ3v) is 5.34. The van der Waals surface area contributed by atoms with Crippen molar-refractivity contribution in [3.05, 3.63) is 65.9 Å². The fourth-order valence-electron chi connectivity index (χ4n) is 3.78. The van der Waals surface area contributed by atoms with Crippen molar-refractivity contribution in [2.45, 2.75) is 38.6 Å². The van der Waals surface area contributed by atoms with Crippen LogP contribution in [0.3, 0.4) is 0 Å². The first-order chi connectivity index (χ1) is 13.7. The average Bonchev–Trinajstić information content (AvgIpc) is 3.33. The lowest BCUT2D eigenvalue weighted by molar-refractivity contribution is -0.121. The number of rotatable bonds is 7. The zero-order chi connectivity index (χ0) is 19.3. The van der Waals surface area contributed by atoms with Crippen LogP contribution in [0.25, 0.3) is 10.9 Å². The molecule has 0 unspecified atom stereocenters. The van der Waals surface area contributed by atoms with E-state index in [2.05, 4.69) is 22.4 Å². The monoisotopic (exact) mass is 375 g/mol. The Morgan fingerprint density at radius 2 is 1.93 bits per heavy atom. The normalized spacial score (nSPS) is 14.0. The standard InChI is InChI=1S/C23H25N3O2/c27-22(8-3-5-18-16-24-21-7-2-1-6-20(18)21)25-15-17-10-12-19(13-11-17)26-14-4-9-23(26)28/h1-2,6-7,10-13,16,24H,3-5,8-9,14-15H2,(H,25,27). The fourth-order valence-corrected chi connectivity index (χ4v) is 3.78. The van der Waals surface area contributed by atoms with Gasteiger partial charge in [-0.1, -0.05) is 30.3 Å². The van der Waals surface area contributed by atoms with E-state index in [1.807, 2.05) is 47.5 Å². The first-order valence-electron chi connectivity index (χ1n) is 9.92. The number of aryl methyl sites for hydroxylation is 1. The number of fused-ring (bicyclic) bond motifs is 1. The smallest absolute Gasteiger partial charge is 0.227 e. The minimum atomic E-state index is 0.0682. The van der Waals surface area contributed by atoms with E-state index in [-0.39, 0.29) is 11.8 Å². The molecule has 0 saturated carbocycles. The number of aromatic nitrogens is 1. The molecule has 3 aromatic rings. The van der Waals surface area contributed by atoms with Crippen LogP contribution in [-0.4, -0.2) is 23.3 Å². The lowest BCUT2D eigenvalue weighted by Gasteiger charge is -2.16. The molecule has 0 aliphatic carbocycles. The Morgan fingerprint density at radius 1 is 1.11 bits per heavy atom. The Kier molecular flexibility index (Phi) is 5.42. The molecule has 1 fully saturated rings. The number of benzene rings is 2. The Balaban J connectivity index is 1.22. The van der Waals surface area contributed by atoms with Crippen LogP contribution in [0.5, 0.6) is 0 Å². The van der Waals surface area contributed by atoms with Gasteiger partial charge in [0.2, 0.25) is 11.8 Å². The highest BCUT2D eigenvalue weighted by Gasteiger charge is 2.21. The van der Waals surface area contributed by atoms with E-state index in [1.54, 1.807) is 0 Å². The quantitative estimate of drug-likeness (QED) is 0.657. The SMILES string of the molecule is O=C(CCCc1c[nH]c2ccccc12)NCc1ccc(N2CCCC2=O)cc1. The molecule has 2 N–H and O–H groups in total. The van der Waals surface area contributed by atoms with Crippen molar-refractivity contribution in [3.8, 4) is 0 Å². The van der Waals surface area contributed by atoms with Gasteiger partial charge >= 0.3 is 0 Å². The van der Waals surface area contributed by atoms with Gasteiger partial charge in [0.05, 0.1) is 0 Å². The van der Waals surface area contributed by atoms with Gasteiger partial charge in [0, 0.05) is 48.7 Å². The Labute approximate surface area is 164 Å². The number of nitrogens with one attached hydrogen (secondary N) is 2. The number of carbonyl (C=O) groups excluding carboxylic acids is 2. The molecule has 0 bridgehead atoms. The number of aromatic amines is 1. The molecular formula is C23H25N3O2. The minimum Gasteiger partial charge on any atom is -0.361 e. The van der Waals surface area contributed by atoms with Crippen molar-refractivity contribution in [1.82, 2.24) is 10.3 Å². The maximum Gasteiger partial charge on any atom is 0.227 e. The van der Waals surface area contributed by atoms with E-state index in [0.717, 1.165) is 42.6 Å². The summed E-state index contributed by atoms with van der Waals surface area (Å²) in [6, 6.07) is 16.1. The Bertz CT molecular complexity index is 975. The molecule has 5 nitrogen and oxygen atoms in total. The van der Waals surface area contributed by atoms with Crippen molar-refractivity contribution < 1.29 is 9.59 Å². The molecule has 2 aromatic carbocycles. The molecule has 28 heavy (non-hydrogen) atoms. The summed E-state index contributed by atoms with van der Waals surface area (Å²) in [4.78, 5) is 29.1. The lowest BCUT2D eigenvalue weighted by atomic mass is 10.1. The lowest BCUT2D eigenvalue weighted by Crippen LogP contribution is -2.24. The van der Waals surface area contributed by atoms with Crippen LogP contribution in [0.15, 0.2) is 54.7 Å². The van der Waals surface area contributed by atoms with E-state index < -0.39 is 0 Å². The van der Waals surface area contributed by atoms with Crippen LogP contribution in [0.4, 0.5) is 5.69 Å². The molecule has 0 atom stereocenters. The number of H-pyrrole nitrogens is 1. The maximum absolute atomic E-state index is 12.2. The van der Waals surface area contributed by atoms with Gasteiger partial charge < -0.3 is 15.2 Å². The number of carbonyl (C=O) groups is 2. The first kappa shape index (κ1) is 18.3. The van der Waals surface area contributed by atoms with Crippen LogP contribution in [-0.2, 0) is 22.6 Å². The van der Waals surface area contributed by atoms with E-state index >= 15 is 0 Å². The van der Waals surface area contributed by atoms with E-state index in [4.69, 9.17) is 0 Å². The van der Waals surface area contributed by atoms with Crippen LogP contribution < -0.4 is 10.2 Å². The third-order valence-electron chi connectivity index (χ3n) is 5.34. The van der Waals surface area contributed by atoms with E-state index in [0.29, 0.717) is 19.4 Å². The number of anilines is 1. The molecule has 5 heteroatoms. The zero-order valence-electron chi connectivity index (χ0n) is 15.9. The molecule has 1 aliphatic rings. The van der Waals surface area contributed by atoms with Crippen molar-refractivity contribution in [3.63, 3.8) is 0 Å². The second-order valence-electron chi connectivity index (χ2n) is 7.31. The summed E-state index contributed by atoms with van der Waals surface area (Å²) in [5, 5.41) is 4.22. The zero-order valence-corrected chi connectivity index (χ0v) is 15.9. The molecule has 2 amide bonds. The largest absolute Gasteiger partial charge is 0.361 e. The summed E-state index contributed by atoms with van der Waals surface area (Å²) in [5.74, 6) is 0.259. The summed E-state index contributed by atoms with van der Waals surface area (Å²) < 4.78 is 0. The van der Waals surface area contributed by atoms with Crippen molar-refractivity contribution in [1.29, 1.82) is 0 Å². The van der Waals surface area contributed by atoms with Crippen molar-refractivity contribution >= 4 is 28.4 Å². The molecule has 1 aromatic heterocycles. The topological polar surface area (TPSA) is 65.2 Å². The predicted molar refractivity (Wildman–Crippen MR) is 111 cm³/mol. The Hall–Kier alpha value is -3.08. The summed E-state index contributed by atoms with van der Waals surface area (Å²) in [6.07, 6.45) is 5.82. The molecule has 0 radical (unpaired) electrons. The number of hydrogen-bond donors (Lipinski definition) is 2. The van der Waals surface area contributed by atoms with Crippen LogP contribution >= 0.6 is 0 Å². The van der Waals surface area contributed by atoms with Gasteiger partial charge in [0.15, 0.2) is 0 Å². The average molecular weight is 375 g/mol. The van der Waals surface area contributed by atoms with Crippen LogP contribution in [0.1, 0.15) is 36.8 Å². The summed E-state index contributed by atoms with van der Waals surface area (Å²) in [7, 11) is 0. The molecule has 144 valence electrons. The van der Waals surface area contributed by atoms with Crippen LogP contribution in [0, 0.1) is 0 Å². The second-order valence-corrected chi connectivity index (χ2v) is 7.31. The molecule has 2 heterocycles. The van der Waals surface area contributed by atoms with Gasteiger partial charge in [-0.15, -0.1) is 0 Å². The summed E-state index contributed by atoms with van der Waals surface area (Å²) in [6.45, 7) is 1.31. The molecule has 0 spiro atoms. The third kappa shape index (κ3) is 4.09. The number of amides is 2. The predicted octanol–water partition coefficient (Wildman–Crippen LogP) is 3.93.